The van der Waals surface area contributed by atoms with Crippen LogP contribution >= 0.6 is 11.8 Å². The third kappa shape index (κ3) is 2.85. The Morgan fingerprint density at radius 3 is 2.62 bits per heavy atom. The lowest BCUT2D eigenvalue weighted by Crippen LogP contribution is -2.57. The van der Waals surface area contributed by atoms with Crippen molar-refractivity contribution >= 4 is 29.6 Å². The molecule has 0 unspecified atom stereocenters. The number of nitrogens with one attached hydrogen (secondary N) is 2. The van der Waals surface area contributed by atoms with Crippen LogP contribution in [0.3, 0.4) is 0 Å². The molecular formula is C14H20N6O3S. The van der Waals surface area contributed by atoms with E-state index in [0.717, 1.165) is 0 Å². The molecule has 0 aromatic carbocycles. The van der Waals surface area contributed by atoms with E-state index in [1.807, 2.05) is 6.92 Å². The summed E-state index contributed by atoms with van der Waals surface area (Å²) >= 11 is 1.28. The van der Waals surface area contributed by atoms with Gasteiger partial charge in [0.1, 0.15) is 11.4 Å². The van der Waals surface area contributed by atoms with Gasteiger partial charge in [0, 0.05) is 19.6 Å². The molecular weight excluding hydrogens is 332 g/mol. The monoisotopic (exact) mass is 352 g/mol. The summed E-state index contributed by atoms with van der Waals surface area (Å²) in [5.41, 5.74) is -0.795. The number of H-pyrrole nitrogens is 1. The van der Waals surface area contributed by atoms with E-state index in [1.165, 1.54) is 11.8 Å². The number of likely N-dealkylation sites (N-methyl/N-ethyl adjacent to an activating group) is 1. The van der Waals surface area contributed by atoms with Crippen molar-refractivity contribution in [1.29, 1.82) is 0 Å². The number of aryl methyl sites for hydroxylation is 1. The number of amides is 4. The molecule has 4 amide bonds. The SMILES string of the molecule is CCN1C(=O)NC(=O)C12CCN(C(=O)CSc1n[nH]c(C)n1)CC2. The predicted octanol–water partition coefficient (Wildman–Crippen LogP) is 0.138. The lowest BCUT2D eigenvalue weighted by molar-refractivity contribution is -0.136. The first-order valence-electron chi connectivity index (χ1n) is 7.89. The number of nitrogens with zero attached hydrogens (tertiary/aromatic N) is 4. The minimum absolute atomic E-state index is 0.00918. The lowest BCUT2D eigenvalue weighted by Gasteiger charge is -2.41. The normalized spacial score (nSPS) is 19.9. The van der Waals surface area contributed by atoms with E-state index in [1.54, 1.807) is 16.7 Å². The van der Waals surface area contributed by atoms with E-state index in [0.29, 0.717) is 43.5 Å². The van der Waals surface area contributed by atoms with Crippen LogP contribution in [-0.2, 0) is 9.59 Å². The summed E-state index contributed by atoms with van der Waals surface area (Å²) in [5, 5.41) is 9.67. The molecule has 0 radical (unpaired) electrons. The zero-order valence-electron chi connectivity index (χ0n) is 13.7. The van der Waals surface area contributed by atoms with Crippen LogP contribution in [-0.4, -0.2) is 73.8 Å². The fourth-order valence-electron chi connectivity index (χ4n) is 3.27. The van der Waals surface area contributed by atoms with Crippen molar-refractivity contribution in [2.24, 2.45) is 0 Å². The summed E-state index contributed by atoms with van der Waals surface area (Å²) in [6.45, 7) is 5.06. The Bertz CT molecular complexity index is 667. The lowest BCUT2D eigenvalue weighted by atomic mass is 9.86. The average Bonchev–Trinajstić information content (AvgIpc) is 3.07. The van der Waals surface area contributed by atoms with Crippen molar-refractivity contribution in [1.82, 2.24) is 30.3 Å². The van der Waals surface area contributed by atoms with Crippen molar-refractivity contribution in [2.45, 2.75) is 37.4 Å². The molecule has 0 aliphatic carbocycles. The number of likely N-dealkylation sites (tertiary alicyclic amines) is 1. The van der Waals surface area contributed by atoms with Gasteiger partial charge in [-0.2, -0.15) is 0 Å². The summed E-state index contributed by atoms with van der Waals surface area (Å²) in [7, 11) is 0. The van der Waals surface area contributed by atoms with Gasteiger partial charge >= 0.3 is 6.03 Å². The van der Waals surface area contributed by atoms with Crippen LogP contribution in [0.1, 0.15) is 25.6 Å². The molecule has 2 aliphatic heterocycles. The van der Waals surface area contributed by atoms with Gasteiger partial charge in [-0.05, 0) is 26.7 Å². The van der Waals surface area contributed by atoms with Crippen molar-refractivity contribution in [3.63, 3.8) is 0 Å². The maximum absolute atomic E-state index is 12.3. The van der Waals surface area contributed by atoms with Gasteiger partial charge in [0.05, 0.1) is 5.75 Å². The van der Waals surface area contributed by atoms with Crippen LogP contribution in [0.5, 0.6) is 0 Å². The average molecular weight is 352 g/mol. The van der Waals surface area contributed by atoms with Crippen LogP contribution < -0.4 is 5.32 Å². The molecule has 0 atom stereocenters. The van der Waals surface area contributed by atoms with Crippen LogP contribution in [0.2, 0.25) is 0 Å². The van der Waals surface area contributed by atoms with Crippen LogP contribution in [0.15, 0.2) is 5.16 Å². The zero-order valence-corrected chi connectivity index (χ0v) is 14.5. The first kappa shape index (κ1) is 16.7. The number of carbonyl (C=O) groups is 3. The number of aromatic amines is 1. The molecule has 9 nitrogen and oxygen atoms in total. The molecule has 0 saturated carbocycles. The molecule has 0 bridgehead atoms. The van der Waals surface area contributed by atoms with Crippen LogP contribution in [0.25, 0.3) is 0 Å². The fourth-order valence-corrected chi connectivity index (χ4v) is 4.02. The highest BCUT2D eigenvalue weighted by molar-refractivity contribution is 7.99. The molecule has 130 valence electrons. The number of thioether (sulfide) groups is 1. The van der Waals surface area contributed by atoms with Crippen molar-refractivity contribution in [2.75, 3.05) is 25.4 Å². The highest BCUT2D eigenvalue weighted by Gasteiger charge is 2.53. The van der Waals surface area contributed by atoms with E-state index in [9.17, 15) is 14.4 Å². The Hall–Kier alpha value is -2.10. The Labute approximate surface area is 143 Å². The third-order valence-corrected chi connectivity index (χ3v) is 5.40. The molecule has 2 aliphatic rings. The maximum atomic E-state index is 12.3. The molecule has 24 heavy (non-hydrogen) atoms. The van der Waals surface area contributed by atoms with Gasteiger partial charge in [0.25, 0.3) is 5.91 Å². The largest absolute Gasteiger partial charge is 0.342 e. The number of urea groups is 1. The Kier molecular flexibility index (Phi) is 4.48. The van der Waals surface area contributed by atoms with Gasteiger partial charge in [0.15, 0.2) is 0 Å². The van der Waals surface area contributed by atoms with Crippen molar-refractivity contribution < 1.29 is 14.4 Å². The van der Waals surface area contributed by atoms with Gasteiger partial charge < -0.3 is 9.80 Å². The number of hydrogen-bond donors (Lipinski definition) is 2. The number of aromatic nitrogens is 3. The second-order valence-electron chi connectivity index (χ2n) is 5.91. The molecule has 3 heterocycles. The molecule has 1 aromatic heterocycles. The summed E-state index contributed by atoms with van der Waals surface area (Å²) in [6, 6.07) is -0.335. The first-order valence-corrected chi connectivity index (χ1v) is 8.87. The quantitative estimate of drug-likeness (QED) is 0.589. The third-order valence-electron chi connectivity index (χ3n) is 4.57. The fraction of sp³-hybridized carbons (Fsp3) is 0.643. The molecule has 3 rings (SSSR count). The topological polar surface area (TPSA) is 111 Å². The number of rotatable bonds is 4. The van der Waals surface area contributed by atoms with E-state index in [-0.39, 0.29) is 23.6 Å². The van der Waals surface area contributed by atoms with E-state index >= 15 is 0 Å². The van der Waals surface area contributed by atoms with Crippen molar-refractivity contribution in [3.8, 4) is 0 Å². The van der Waals surface area contributed by atoms with Gasteiger partial charge in [0.2, 0.25) is 11.1 Å². The number of piperidine rings is 1. The molecule has 1 aromatic rings. The minimum atomic E-state index is -0.795. The Balaban J connectivity index is 1.57. The number of hydrogen-bond acceptors (Lipinski definition) is 6. The highest BCUT2D eigenvalue weighted by Crippen LogP contribution is 2.33. The number of imide groups is 1. The maximum Gasteiger partial charge on any atom is 0.325 e. The molecule has 1 spiro atoms. The summed E-state index contributed by atoms with van der Waals surface area (Å²) in [5.74, 6) is 0.714. The minimum Gasteiger partial charge on any atom is -0.342 e. The molecule has 2 saturated heterocycles. The standard InChI is InChI=1S/C14H20N6O3S/c1-3-20-13(23)16-11(22)14(20)4-6-19(7-5-14)10(21)8-24-12-15-9(2)17-18-12/h3-8H2,1-2H3,(H,15,17,18)(H,16,22,23). The zero-order chi connectivity index (χ0) is 17.3. The second kappa shape index (κ2) is 6.42. The van der Waals surface area contributed by atoms with Crippen LogP contribution in [0, 0.1) is 6.92 Å². The summed E-state index contributed by atoms with van der Waals surface area (Å²) in [4.78, 5) is 43.9. The highest BCUT2D eigenvalue weighted by atomic mass is 32.2. The Morgan fingerprint density at radius 2 is 2.04 bits per heavy atom. The molecule has 2 N–H and O–H groups in total. The van der Waals surface area contributed by atoms with E-state index < -0.39 is 5.54 Å². The number of carbonyl (C=O) groups excluding carboxylic acids is 3. The summed E-state index contributed by atoms with van der Waals surface area (Å²) in [6.07, 6.45) is 0.934. The Morgan fingerprint density at radius 1 is 1.33 bits per heavy atom. The smallest absolute Gasteiger partial charge is 0.325 e. The summed E-state index contributed by atoms with van der Waals surface area (Å²) < 4.78 is 0. The van der Waals surface area contributed by atoms with Crippen molar-refractivity contribution in [3.05, 3.63) is 5.82 Å². The predicted molar refractivity (Wildman–Crippen MR) is 86.3 cm³/mol. The van der Waals surface area contributed by atoms with Gasteiger partial charge in [-0.1, -0.05) is 11.8 Å². The molecule has 2 fully saturated rings. The van der Waals surface area contributed by atoms with Crippen LogP contribution in [0.4, 0.5) is 4.79 Å². The first-order chi connectivity index (χ1) is 11.5. The van der Waals surface area contributed by atoms with E-state index in [2.05, 4.69) is 20.5 Å². The van der Waals surface area contributed by atoms with E-state index in [4.69, 9.17) is 0 Å². The second-order valence-corrected chi connectivity index (χ2v) is 6.85. The van der Waals surface area contributed by atoms with Gasteiger partial charge in [-0.3, -0.25) is 20.0 Å². The van der Waals surface area contributed by atoms with Gasteiger partial charge in [-0.15, -0.1) is 5.10 Å². The van der Waals surface area contributed by atoms with Gasteiger partial charge in [-0.25, -0.2) is 9.78 Å². The molecule has 10 heteroatoms.